The van der Waals surface area contributed by atoms with Crippen molar-refractivity contribution < 1.29 is 24.6 Å². The lowest BCUT2D eigenvalue weighted by molar-refractivity contribution is -0.148. The summed E-state index contributed by atoms with van der Waals surface area (Å²) in [4.78, 5) is 35.6. The summed E-state index contributed by atoms with van der Waals surface area (Å²) >= 11 is 0. The van der Waals surface area contributed by atoms with Gasteiger partial charge in [0, 0.05) is 0 Å². The second-order valence-electron chi connectivity index (χ2n) is 5.80. The summed E-state index contributed by atoms with van der Waals surface area (Å²) in [7, 11) is 0. The second-order valence-corrected chi connectivity index (χ2v) is 5.80. The fourth-order valence-corrected chi connectivity index (χ4v) is 3.45. The lowest BCUT2D eigenvalue weighted by atomic mass is 9.82. The van der Waals surface area contributed by atoms with E-state index in [1.54, 1.807) is 12.1 Å². The zero-order chi connectivity index (χ0) is 16.6. The molecule has 1 fully saturated rings. The van der Waals surface area contributed by atoms with E-state index in [1.807, 2.05) is 12.2 Å². The van der Waals surface area contributed by atoms with E-state index in [0.29, 0.717) is 6.42 Å². The molecule has 0 aliphatic heterocycles. The first kappa shape index (κ1) is 15.1. The number of carboxylic acid groups (broad SMARTS) is 1. The number of carboxylic acids is 1. The Morgan fingerprint density at radius 2 is 1.65 bits per heavy atom. The van der Waals surface area contributed by atoms with Crippen molar-refractivity contribution >= 4 is 17.8 Å². The molecular formula is C16H16N2O5. The van der Waals surface area contributed by atoms with E-state index in [1.165, 1.54) is 12.1 Å². The van der Waals surface area contributed by atoms with Crippen molar-refractivity contribution in [2.75, 3.05) is 0 Å². The van der Waals surface area contributed by atoms with E-state index < -0.39 is 29.6 Å². The number of hydrogen-bond donors (Lipinski definition) is 4. The van der Waals surface area contributed by atoms with E-state index in [0.717, 1.165) is 0 Å². The molecule has 2 aliphatic carbocycles. The summed E-state index contributed by atoms with van der Waals surface area (Å²) < 4.78 is 0. The van der Waals surface area contributed by atoms with Gasteiger partial charge in [-0.15, -0.1) is 0 Å². The van der Waals surface area contributed by atoms with Crippen LogP contribution in [0, 0.1) is 23.7 Å². The van der Waals surface area contributed by atoms with E-state index in [-0.39, 0.29) is 23.1 Å². The third-order valence-electron chi connectivity index (χ3n) is 4.50. The number of nitrogens with one attached hydrogen (secondary N) is 2. The summed E-state index contributed by atoms with van der Waals surface area (Å²) in [6.45, 7) is 0. The van der Waals surface area contributed by atoms with Crippen LogP contribution in [0.25, 0.3) is 0 Å². The quantitative estimate of drug-likeness (QED) is 0.483. The average molecular weight is 316 g/mol. The summed E-state index contributed by atoms with van der Waals surface area (Å²) in [6.07, 6.45) is 4.34. The Morgan fingerprint density at radius 1 is 1.00 bits per heavy atom. The predicted octanol–water partition coefficient (Wildman–Crippen LogP) is 0.676. The van der Waals surface area contributed by atoms with Gasteiger partial charge in [-0.1, -0.05) is 24.3 Å². The number of hydrogen-bond acceptors (Lipinski definition) is 4. The predicted molar refractivity (Wildman–Crippen MR) is 79.1 cm³/mol. The topological polar surface area (TPSA) is 116 Å². The summed E-state index contributed by atoms with van der Waals surface area (Å²) in [5.74, 6) is -4.14. The number of phenols is 1. The Balaban J connectivity index is 1.66. The fourth-order valence-electron chi connectivity index (χ4n) is 3.45. The van der Waals surface area contributed by atoms with Crippen LogP contribution in [0.5, 0.6) is 5.75 Å². The number of allylic oxidation sites excluding steroid dienone is 2. The minimum absolute atomic E-state index is 0.0235. The van der Waals surface area contributed by atoms with Gasteiger partial charge in [-0.3, -0.25) is 25.2 Å². The van der Waals surface area contributed by atoms with Gasteiger partial charge in [-0.05, 0) is 30.4 Å². The molecule has 1 saturated carbocycles. The molecule has 0 unspecified atom stereocenters. The van der Waals surface area contributed by atoms with Crippen LogP contribution >= 0.6 is 0 Å². The number of aliphatic carboxylic acids is 1. The molecule has 0 heterocycles. The van der Waals surface area contributed by atoms with Crippen molar-refractivity contribution in [2.45, 2.75) is 6.42 Å². The Hall–Kier alpha value is -2.83. The standard InChI is InChI=1S/C16H16N2O5/c19-11-4-2-1-3-10(11)14(20)17-18-15(21)12-8-5-6-9(7-8)13(12)16(22)23/h1-6,8-9,12-13,19H,7H2,(H,17,20)(H,18,21)(H,22,23)/t8-,9+,12+,13+/m0/s1. The highest BCUT2D eigenvalue weighted by Crippen LogP contribution is 2.48. The number of rotatable bonds is 3. The maximum atomic E-state index is 12.3. The molecule has 23 heavy (non-hydrogen) atoms. The largest absolute Gasteiger partial charge is 0.507 e. The number of para-hydroxylation sites is 1. The van der Waals surface area contributed by atoms with Crippen LogP contribution in [-0.4, -0.2) is 28.0 Å². The third-order valence-corrected chi connectivity index (χ3v) is 4.50. The zero-order valence-corrected chi connectivity index (χ0v) is 12.1. The number of fused-ring (bicyclic) bond motifs is 2. The number of phenolic OH excluding ortho intramolecular Hbond substituents is 1. The third kappa shape index (κ3) is 2.65. The molecule has 0 saturated heterocycles. The van der Waals surface area contributed by atoms with E-state index >= 15 is 0 Å². The molecule has 4 atom stereocenters. The van der Waals surface area contributed by atoms with Crippen LogP contribution in [0.3, 0.4) is 0 Å². The van der Waals surface area contributed by atoms with Gasteiger partial charge in [0.2, 0.25) is 5.91 Å². The highest BCUT2D eigenvalue weighted by atomic mass is 16.4. The van der Waals surface area contributed by atoms with Gasteiger partial charge >= 0.3 is 5.97 Å². The molecule has 0 spiro atoms. The Labute approximate surface area is 132 Å². The van der Waals surface area contributed by atoms with Crippen LogP contribution < -0.4 is 10.9 Å². The highest BCUT2D eigenvalue weighted by Gasteiger charge is 2.51. The van der Waals surface area contributed by atoms with Gasteiger partial charge < -0.3 is 10.2 Å². The van der Waals surface area contributed by atoms with Crippen LogP contribution in [0.1, 0.15) is 16.8 Å². The number of carbonyl (C=O) groups excluding carboxylic acids is 2. The molecule has 3 rings (SSSR count). The maximum Gasteiger partial charge on any atom is 0.307 e. The number of aromatic hydroxyl groups is 1. The van der Waals surface area contributed by atoms with Crippen molar-refractivity contribution in [2.24, 2.45) is 23.7 Å². The van der Waals surface area contributed by atoms with Gasteiger partial charge in [0.05, 0.1) is 17.4 Å². The van der Waals surface area contributed by atoms with Crippen LogP contribution in [0.4, 0.5) is 0 Å². The van der Waals surface area contributed by atoms with Crippen molar-refractivity contribution in [3.05, 3.63) is 42.0 Å². The molecule has 2 aliphatic rings. The summed E-state index contributed by atoms with van der Waals surface area (Å²) in [5, 5.41) is 18.9. The van der Waals surface area contributed by atoms with Gasteiger partial charge in [-0.2, -0.15) is 0 Å². The van der Waals surface area contributed by atoms with Crippen LogP contribution in [0.15, 0.2) is 36.4 Å². The lowest BCUT2D eigenvalue weighted by Gasteiger charge is -2.23. The SMILES string of the molecule is O=C(NNC(=O)[C@H]1[C@H](C(=O)O)[C@@H]2C=C[C@H]1C2)c1ccccc1O. The molecule has 4 N–H and O–H groups in total. The smallest absolute Gasteiger partial charge is 0.307 e. The Kier molecular flexibility index (Phi) is 3.77. The minimum Gasteiger partial charge on any atom is -0.507 e. The van der Waals surface area contributed by atoms with Crippen molar-refractivity contribution in [3.8, 4) is 5.75 Å². The van der Waals surface area contributed by atoms with Crippen LogP contribution in [0.2, 0.25) is 0 Å². The van der Waals surface area contributed by atoms with Gasteiger partial charge in [0.15, 0.2) is 0 Å². The normalized spacial score (nSPS) is 27.7. The number of carbonyl (C=O) groups is 3. The molecule has 2 bridgehead atoms. The van der Waals surface area contributed by atoms with E-state index in [2.05, 4.69) is 10.9 Å². The molecule has 2 amide bonds. The first-order chi connectivity index (χ1) is 11.0. The van der Waals surface area contributed by atoms with E-state index in [4.69, 9.17) is 0 Å². The number of hydrazine groups is 1. The van der Waals surface area contributed by atoms with Crippen molar-refractivity contribution in [1.82, 2.24) is 10.9 Å². The maximum absolute atomic E-state index is 12.3. The molecule has 1 aromatic rings. The molecule has 7 nitrogen and oxygen atoms in total. The molecule has 1 aromatic carbocycles. The summed E-state index contributed by atoms with van der Waals surface area (Å²) in [5.41, 5.74) is 4.52. The lowest BCUT2D eigenvalue weighted by Crippen LogP contribution is -2.48. The molecule has 120 valence electrons. The molecular weight excluding hydrogens is 300 g/mol. The van der Waals surface area contributed by atoms with E-state index in [9.17, 15) is 24.6 Å². The van der Waals surface area contributed by atoms with Crippen molar-refractivity contribution in [3.63, 3.8) is 0 Å². The highest BCUT2D eigenvalue weighted by molar-refractivity contribution is 5.98. The van der Waals surface area contributed by atoms with Gasteiger partial charge in [0.1, 0.15) is 5.75 Å². The average Bonchev–Trinajstić information content (AvgIpc) is 3.13. The Bertz CT molecular complexity index is 699. The summed E-state index contributed by atoms with van der Waals surface area (Å²) in [6, 6.07) is 5.93. The van der Waals surface area contributed by atoms with Crippen molar-refractivity contribution in [1.29, 1.82) is 0 Å². The van der Waals surface area contributed by atoms with Gasteiger partial charge in [-0.25, -0.2) is 0 Å². The number of benzene rings is 1. The molecule has 0 aromatic heterocycles. The second kappa shape index (κ2) is 5.75. The fraction of sp³-hybridized carbons (Fsp3) is 0.312. The zero-order valence-electron chi connectivity index (χ0n) is 12.1. The van der Waals surface area contributed by atoms with Gasteiger partial charge in [0.25, 0.3) is 5.91 Å². The molecule has 0 radical (unpaired) electrons. The first-order valence-electron chi connectivity index (χ1n) is 7.28. The monoisotopic (exact) mass is 316 g/mol. The number of amides is 2. The molecule has 7 heteroatoms. The minimum atomic E-state index is -1.01. The van der Waals surface area contributed by atoms with Crippen LogP contribution in [-0.2, 0) is 9.59 Å². The Morgan fingerprint density at radius 3 is 2.30 bits per heavy atom. The first-order valence-corrected chi connectivity index (χ1v) is 7.28.